The van der Waals surface area contributed by atoms with E-state index in [9.17, 15) is 4.79 Å². The summed E-state index contributed by atoms with van der Waals surface area (Å²) in [5, 5.41) is 2.99. The molecule has 17 heavy (non-hydrogen) atoms. The van der Waals surface area contributed by atoms with E-state index in [0.29, 0.717) is 12.4 Å². The van der Waals surface area contributed by atoms with Gasteiger partial charge in [0.1, 0.15) is 0 Å². The van der Waals surface area contributed by atoms with Gasteiger partial charge in [0.15, 0.2) is 0 Å². The van der Waals surface area contributed by atoms with Gasteiger partial charge in [-0.2, -0.15) is 0 Å². The van der Waals surface area contributed by atoms with Gasteiger partial charge >= 0.3 is 0 Å². The number of aryl methyl sites for hydroxylation is 1. The molecule has 0 atom stereocenters. The molecular weight excluding hydrogens is 254 g/mol. The minimum absolute atomic E-state index is 0.0297. The number of halogens is 1. The number of amides is 1. The Morgan fingerprint density at radius 3 is 2.71 bits per heavy atom. The van der Waals surface area contributed by atoms with Crippen LogP contribution in [-0.2, 0) is 0 Å². The Bertz CT molecular complexity index is 373. The molecule has 0 aromatic carbocycles. The lowest BCUT2D eigenvalue weighted by Gasteiger charge is -2.24. The molecule has 1 heterocycles. The highest BCUT2D eigenvalue weighted by Crippen LogP contribution is 2.22. The molecule has 0 aliphatic carbocycles. The zero-order valence-corrected chi connectivity index (χ0v) is 12.3. The Morgan fingerprint density at radius 2 is 2.18 bits per heavy atom. The molecular formula is C13H20ClNOS. The largest absolute Gasteiger partial charge is 0.351 e. The van der Waals surface area contributed by atoms with Crippen molar-refractivity contribution < 1.29 is 4.79 Å². The van der Waals surface area contributed by atoms with E-state index < -0.39 is 0 Å². The van der Waals surface area contributed by atoms with Crippen LogP contribution in [0.1, 0.15) is 41.2 Å². The summed E-state index contributed by atoms with van der Waals surface area (Å²) in [7, 11) is 0. The Morgan fingerprint density at radius 1 is 1.47 bits per heavy atom. The van der Waals surface area contributed by atoms with E-state index in [4.69, 9.17) is 11.6 Å². The average Bonchev–Trinajstić information content (AvgIpc) is 2.70. The van der Waals surface area contributed by atoms with Gasteiger partial charge in [0, 0.05) is 17.3 Å². The lowest BCUT2D eigenvalue weighted by atomic mass is 9.88. The van der Waals surface area contributed by atoms with Crippen molar-refractivity contribution in [1.29, 1.82) is 0 Å². The molecule has 0 aliphatic rings. The molecule has 1 N–H and O–H groups in total. The molecule has 0 fully saturated rings. The van der Waals surface area contributed by atoms with Crippen LogP contribution in [0.25, 0.3) is 0 Å². The molecule has 0 saturated heterocycles. The second-order valence-corrected chi connectivity index (χ2v) is 6.72. The number of carbonyl (C=O) groups excluding carboxylic acids is 1. The maximum atomic E-state index is 11.9. The van der Waals surface area contributed by atoms with Crippen LogP contribution in [0, 0.1) is 12.3 Å². The SMILES string of the molecule is Cc1ccc(C(=O)NCC(C)(C)CCCCl)s1. The number of thiophene rings is 1. The summed E-state index contributed by atoms with van der Waals surface area (Å²) in [4.78, 5) is 13.8. The average molecular weight is 274 g/mol. The lowest BCUT2D eigenvalue weighted by Crippen LogP contribution is -2.33. The van der Waals surface area contributed by atoms with Gasteiger partial charge in [-0.25, -0.2) is 0 Å². The second-order valence-electron chi connectivity index (χ2n) is 5.05. The smallest absolute Gasteiger partial charge is 0.261 e. The van der Waals surface area contributed by atoms with Gasteiger partial charge in [0.25, 0.3) is 5.91 Å². The van der Waals surface area contributed by atoms with Crippen LogP contribution < -0.4 is 5.32 Å². The number of alkyl halides is 1. The standard InChI is InChI=1S/C13H20ClNOS/c1-10-5-6-11(17-10)12(16)15-9-13(2,3)7-4-8-14/h5-6H,4,7-9H2,1-3H3,(H,15,16). The molecule has 1 aromatic rings. The van der Waals surface area contributed by atoms with Crippen molar-refractivity contribution >= 4 is 28.8 Å². The molecule has 0 radical (unpaired) electrons. The first-order valence-corrected chi connectivity index (χ1v) is 7.20. The van der Waals surface area contributed by atoms with Gasteiger partial charge < -0.3 is 5.32 Å². The fraction of sp³-hybridized carbons (Fsp3) is 0.615. The Kier molecular flexibility index (Phi) is 5.47. The first kappa shape index (κ1) is 14.5. The Balaban J connectivity index is 2.42. The van der Waals surface area contributed by atoms with Gasteiger partial charge in [-0.3, -0.25) is 4.79 Å². The van der Waals surface area contributed by atoms with Crippen LogP contribution in [0.15, 0.2) is 12.1 Å². The van der Waals surface area contributed by atoms with Crippen LogP contribution in [0.3, 0.4) is 0 Å². The number of nitrogens with one attached hydrogen (secondary N) is 1. The zero-order valence-electron chi connectivity index (χ0n) is 10.7. The second kappa shape index (κ2) is 6.41. The molecule has 0 bridgehead atoms. The summed E-state index contributed by atoms with van der Waals surface area (Å²) in [6.07, 6.45) is 2.02. The van der Waals surface area contributed by atoms with Crippen LogP contribution in [0.5, 0.6) is 0 Å². The highest BCUT2D eigenvalue weighted by Gasteiger charge is 2.19. The summed E-state index contributed by atoms with van der Waals surface area (Å²) in [5.41, 5.74) is 0.108. The third-order valence-electron chi connectivity index (χ3n) is 2.68. The summed E-state index contributed by atoms with van der Waals surface area (Å²) >= 11 is 7.21. The molecule has 0 aliphatic heterocycles. The Hall–Kier alpha value is -0.540. The van der Waals surface area contributed by atoms with E-state index in [0.717, 1.165) is 22.6 Å². The summed E-state index contributed by atoms with van der Waals surface area (Å²) in [6.45, 7) is 7.00. The number of carbonyl (C=O) groups is 1. The van der Waals surface area contributed by atoms with Gasteiger partial charge in [0.05, 0.1) is 4.88 Å². The van der Waals surface area contributed by atoms with Crippen LogP contribution >= 0.6 is 22.9 Å². The topological polar surface area (TPSA) is 29.1 Å². The maximum absolute atomic E-state index is 11.9. The quantitative estimate of drug-likeness (QED) is 0.784. The summed E-state index contributed by atoms with van der Waals surface area (Å²) in [6, 6.07) is 3.85. The first-order chi connectivity index (χ1) is 7.94. The van der Waals surface area contributed by atoms with Gasteiger partial charge in [-0.05, 0) is 37.3 Å². The molecule has 0 spiro atoms. The van der Waals surface area contributed by atoms with Crippen molar-refractivity contribution in [2.75, 3.05) is 12.4 Å². The van der Waals surface area contributed by atoms with Crippen LogP contribution in [-0.4, -0.2) is 18.3 Å². The third-order valence-corrected chi connectivity index (χ3v) is 3.95. The molecule has 0 saturated carbocycles. The van der Waals surface area contributed by atoms with Crippen LogP contribution in [0.4, 0.5) is 0 Å². The predicted molar refractivity (Wildman–Crippen MR) is 75.1 cm³/mol. The minimum Gasteiger partial charge on any atom is -0.351 e. The minimum atomic E-state index is 0.0297. The van der Waals surface area contributed by atoms with Crippen molar-refractivity contribution in [3.8, 4) is 0 Å². The van der Waals surface area contributed by atoms with E-state index in [1.165, 1.54) is 11.3 Å². The van der Waals surface area contributed by atoms with Crippen molar-refractivity contribution in [2.24, 2.45) is 5.41 Å². The Labute approximate surface area is 112 Å². The predicted octanol–water partition coefficient (Wildman–Crippen LogP) is 3.83. The fourth-order valence-electron chi connectivity index (χ4n) is 1.60. The maximum Gasteiger partial charge on any atom is 0.261 e. The number of hydrogen-bond donors (Lipinski definition) is 1. The van der Waals surface area contributed by atoms with Gasteiger partial charge in [-0.1, -0.05) is 13.8 Å². The molecule has 0 unspecified atom stereocenters. The third kappa shape index (κ3) is 5.09. The molecule has 1 rings (SSSR count). The molecule has 96 valence electrons. The monoisotopic (exact) mass is 273 g/mol. The van der Waals surface area contributed by atoms with Crippen LogP contribution in [0.2, 0.25) is 0 Å². The van der Waals surface area contributed by atoms with E-state index in [-0.39, 0.29) is 11.3 Å². The highest BCUT2D eigenvalue weighted by molar-refractivity contribution is 7.13. The van der Waals surface area contributed by atoms with Gasteiger partial charge in [-0.15, -0.1) is 22.9 Å². The number of rotatable bonds is 6. The van der Waals surface area contributed by atoms with Crippen molar-refractivity contribution in [3.05, 3.63) is 21.9 Å². The molecule has 4 heteroatoms. The summed E-state index contributed by atoms with van der Waals surface area (Å²) in [5.74, 6) is 0.712. The van der Waals surface area contributed by atoms with Crippen molar-refractivity contribution in [1.82, 2.24) is 5.32 Å². The lowest BCUT2D eigenvalue weighted by molar-refractivity contribution is 0.0938. The van der Waals surface area contributed by atoms with E-state index in [2.05, 4.69) is 19.2 Å². The van der Waals surface area contributed by atoms with Crippen molar-refractivity contribution in [3.63, 3.8) is 0 Å². The molecule has 1 aromatic heterocycles. The molecule has 2 nitrogen and oxygen atoms in total. The zero-order chi connectivity index (χ0) is 12.9. The summed E-state index contributed by atoms with van der Waals surface area (Å²) < 4.78 is 0. The van der Waals surface area contributed by atoms with E-state index >= 15 is 0 Å². The van der Waals surface area contributed by atoms with E-state index in [1.807, 2.05) is 19.1 Å². The van der Waals surface area contributed by atoms with Gasteiger partial charge in [0.2, 0.25) is 0 Å². The first-order valence-electron chi connectivity index (χ1n) is 5.85. The van der Waals surface area contributed by atoms with Crippen molar-refractivity contribution in [2.45, 2.75) is 33.6 Å². The normalized spacial score (nSPS) is 11.5. The van der Waals surface area contributed by atoms with E-state index in [1.54, 1.807) is 0 Å². The number of hydrogen-bond acceptors (Lipinski definition) is 2. The highest BCUT2D eigenvalue weighted by atomic mass is 35.5. The fourth-order valence-corrected chi connectivity index (χ4v) is 2.51. The molecule has 1 amide bonds.